The Labute approximate surface area is 102 Å². The highest BCUT2D eigenvalue weighted by molar-refractivity contribution is 5.70. The average Bonchev–Trinajstić information content (AvgIpc) is 2.95. The largest absolute Gasteiger partial charge is 0.461 e. The van der Waals surface area contributed by atoms with Crippen LogP contribution < -0.4 is 0 Å². The minimum atomic E-state index is -1.16. The minimum Gasteiger partial charge on any atom is -0.461 e. The first kappa shape index (κ1) is 11.5. The summed E-state index contributed by atoms with van der Waals surface area (Å²) in [6, 6.07) is 1.67. The van der Waals surface area contributed by atoms with E-state index >= 15 is 0 Å². The Kier molecular flexibility index (Phi) is 2.75. The molecule has 0 radical (unpaired) electrons. The van der Waals surface area contributed by atoms with Crippen LogP contribution in [0.5, 0.6) is 0 Å². The number of aliphatic hydroxyl groups excluding tert-OH is 3. The number of hydrogen-bond acceptors (Lipinski definition) is 7. The lowest BCUT2D eigenvalue weighted by Crippen LogP contribution is -2.32. The van der Waals surface area contributed by atoms with Crippen molar-refractivity contribution in [2.24, 2.45) is 0 Å². The molecule has 3 rings (SSSR count). The molecule has 1 saturated heterocycles. The Morgan fingerprint density at radius 1 is 1.28 bits per heavy atom. The minimum absolute atomic E-state index is 0.256. The van der Waals surface area contributed by atoms with Crippen LogP contribution in [0.25, 0.3) is 11.1 Å². The van der Waals surface area contributed by atoms with Crippen LogP contribution in [0, 0.1) is 0 Å². The number of fused-ring (bicyclic) bond motifs is 1. The van der Waals surface area contributed by atoms with Crippen LogP contribution in [-0.4, -0.2) is 50.2 Å². The zero-order chi connectivity index (χ0) is 12.7. The van der Waals surface area contributed by atoms with E-state index in [0.717, 1.165) is 0 Å². The van der Waals surface area contributed by atoms with Crippen molar-refractivity contribution < 1.29 is 24.5 Å². The van der Waals surface area contributed by atoms with Crippen LogP contribution in [0.15, 0.2) is 22.9 Å². The van der Waals surface area contributed by atoms with Gasteiger partial charge in [-0.05, 0) is 0 Å². The molecule has 4 atom stereocenters. The molecule has 1 unspecified atom stereocenters. The molecule has 0 aliphatic carbocycles. The standard InChI is InChI=1S/C11H12N2O5/c14-4-7-8(15)9(16)10(18-7)11-12-3-6-5(13-11)1-2-17-6/h1-3,7-10,14-16H,4H2/t7-,8-,9-,10?/m1/s1. The van der Waals surface area contributed by atoms with Crippen molar-refractivity contribution in [1.82, 2.24) is 9.97 Å². The van der Waals surface area contributed by atoms with Gasteiger partial charge in [0, 0.05) is 6.07 Å². The smallest absolute Gasteiger partial charge is 0.170 e. The number of furan rings is 1. The predicted molar refractivity (Wildman–Crippen MR) is 58.5 cm³/mol. The van der Waals surface area contributed by atoms with E-state index in [0.29, 0.717) is 11.1 Å². The highest BCUT2D eigenvalue weighted by Crippen LogP contribution is 2.32. The molecule has 18 heavy (non-hydrogen) atoms. The Hall–Kier alpha value is -1.54. The van der Waals surface area contributed by atoms with Crippen molar-refractivity contribution in [1.29, 1.82) is 0 Å². The molecule has 0 amide bonds. The van der Waals surface area contributed by atoms with Crippen LogP contribution in [0.2, 0.25) is 0 Å². The fourth-order valence-corrected chi connectivity index (χ4v) is 2.03. The summed E-state index contributed by atoms with van der Waals surface area (Å²) in [5.41, 5.74) is 1.13. The van der Waals surface area contributed by atoms with Crippen molar-refractivity contribution in [3.8, 4) is 0 Å². The second-order valence-corrected chi connectivity index (χ2v) is 4.16. The molecule has 0 aromatic carbocycles. The second kappa shape index (κ2) is 4.29. The quantitative estimate of drug-likeness (QED) is 0.653. The molecule has 1 fully saturated rings. The lowest BCUT2D eigenvalue weighted by atomic mass is 10.1. The normalized spacial score (nSPS) is 32.2. The third kappa shape index (κ3) is 1.68. The number of nitrogens with zero attached hydrogens (tertiary/aromatic N) is 2. The first-order valence-electron chi connectivity index (χ1n) is 5.53. The van der Waals surface area contributed by atoms with E-state index in [2.05, 4.69) is 9.97 Å². The first-order chi connectivity index (χ1) is 8.70. The van der Waals surface area contributed by atoms with Gasteiger partial charge in [0.1, 0.15) is 29.9 Å². The van der Waals surface area contributed by atoms with Gasteiger partial charge in [-0.15, -0.1) is 0 Å². The lowest BCUT2D eigenvalue weighted by molar-refractivity contribution is -0.0252. The molecule has 2 aromatic rings. The van der Waals surface area contributed by atoms with Gasteiger partial charge in [-0.25, -0.2) is 9.97 Å². The first-order valence-corrected chi connectivity index (χ1v) is 5.53. The zero-order valence-corrected chi connectivity index (χ0v) is 9.30. The van der Waals surface area contributed by atoms with Gasteiger partial charge < -0.3 is 24.5 Å². The molecule has 96 valence electrons. The maximum atomic E-state index is 9.85. The summed E-state index contributed by atoms with van der Waals surface area (Å²) in [4.78, 5) is 8.22. The zero-order valence-electron chi connectivity index (χ0n) is 9.30. The van der Waals surface area contributed by atoms with Crippen molar-refractivity contribution >= 4 is 11.1 Å². The summed E-state index contributed by atoms with van der Waals surface area (Å²) in [6.07, 6.45) is -1.02. The van der Waals surface area contributed by atoms with Crippen LogP contribution >= 0.6 is 0 Å². The van der Waals surface area contributed by atoms with E-state index < -0.39 is 24.4 Å². The number of ether oxygens (including phenoxy) is 1. The molecule has 2 aromatic heterocycles. The molecule has 1 aliphatic rings. The number of hydrogen-bond donors (Lipinski definition) is 3. The van der Waals surface area contributed by atoms with Crippen LogP contribution in [0.3, 0.4) is 0 Å². The maximum Gasteiger partial charge on any atom is 0.170 e. The molecule has 7 heteroatoms. The predicted octanol–water partition coefficient (Wildman–Crippen LogP) is -0.623. The summed E-state index contributed by atoms with van der Waals surface area (Å²) in [6.45, 7) is -0.372. The molecule has 7 nitrogen and oxygen atoms in total. The summed E-state index contributed by atoms with van der Waals surface area (Å²) >= 11 is 0. The van der Waals surface area contributed by atoms with E-state index in [4.69, 9.17) is 14.3 Å². The SMILES string of the molecule is OC[C@H]1OC(c2ncc3occc3n2)[C@H](O)[C@@H]1O. The van der Waals surface area contributed by atoms with E-state index in [1.165, 1.54) is 12.5 Å². The van der Waals surface area contributed by atoms with Crippen molar-refractivity contribution in [2.75, 3.05) is 6.61 Å². The van der Waals surface area contributed by atoms with Gasteiger partial charge in [-0.3, -0.25) is 0 Å². The molecular weight excluding hydrogens is 240 g/mol. The topological polar surface area (TPSA) is 109 Å². The van der Waals surface area contributed by atoms with Gasteiger partial charge in [0.15, 0.2) is 11.4 Å². The van der Waals surface area contributed by atoms with Crippen LogP contribution in [-0.2, 0) is 4.74 Å². The molecule has 0 spiro atoms. The summed E-state index contributed by atoms with van der Waals surface area (Å²) in [7, 11) is 0. The molecule has 0 saturated carbocycles. The van der Waals surface area contributed by atoms with E-state index in [-0.39, 0.29) is 12.4 Å². The van der Waals surface area contributed by atoms with Gasteiger partial charge in [-0.2, -0.15) is 0 Å². The number of rotatable bonds is 2. The monoisotopic (exact) mass is 252 g/mol. The Morgan fingerprint density at radius 3 is 2.83 bits per heavy atom. The summed E-state index contributed by atoms with van der Waals surface area (Å²) in [5.74, 6) is 0.256. The third-order valence-corrected chi connectivity index (χ3v) is 3.02. The Balaban J connectivity index is 1.94. The lowest BCUT2D eigenvalue weighted by Gasteiger charge is -2.12. The van der Waals surface area contributed by atoms with Crippen molar-refractivity contribution in [2.45, 2.75) is 24.4 Å². The highest BCUT2D eigenvalue weighted by atomic mass is 16.6. The molecular formula is C11H12N2O5. The molecule has 1 aliphatic heterocycles. The van der Waals surface area contributed by atoms with E-state index in [1.54, 1.807) is 6.07 Å². The maximum absolute atomic E-state index is 9.85. The van der Waals surface area contributed by atoms with E-state index in [1.807, 2.05) is 0 Å². The summed E-state index contributed by atoms with van der Waals surface area (Å²) in [5, 5.41) is 28.5. The van der Waals surface area contributed by atoms with E-state index in [9.17, 15) is 10.2 Å². The number of aliphatic hydroxyl groups is 3. The average molecular weight is 252 g/mol. The second-order valence-electron chi connectivity index (χ2n) is 4.16. The van der Waals surface area contributed by atoms with Gasteiger partial charge in [-0.1, -0.05) is 0 Å². The van der Waals surface area contributed by atoms with Crippen LogP contribution in [0.1, 0.15) is 11.9 Å². The van der Waals surface area contributed by atoms with Gasteiger partial charge in [0.25, 0.3) is 0 Å². The van der Waals surface area contributed by atoms with Gasteiger partial charge >= 0.3 is 0 Å². The molecule has 3 N–H and O–H groups in total. The summed E-state index contributed by atoms with van der Waals surface area (Å²) < 4.78 is 10.4. The Morgan fingerprint density at radius 2 is 2.11 bits per heavy atom. The van der Waals surface area contributed by atoms with Gasteiger partial charge in [0.05, 0.1) is 19.1 Å². The number of aromatic nitrogens is 2. The molecule has 3 heterocycles. The molecule has 0 bridgehead atoms. The van der Waals surface area contributed by atoms with Gasteiger partial charge in [0.2, 0.25) is 0 Å². The van der Waals surface area contributed by atoms with Crippen molar-refractivity contribution in [3.63, 3.8) is 0 Å². The third-order valence-electron chi connectivity index (χ3n) is 3.02. The van der Waals surface area contributed by atoms with Crippen LogP contribution in [0.4, 0.5) is 0 Å². The fraction of sp³-hybridized carbons (Fsp3) is 0.455. The fourth-order valence-electron chi connectivity index (χ4n) is 2.03. The van der Waals surface area contributed by atoms with Crippen molar-refractivity contribution in [3.05, 3.63) is 24.4 Å². The highest BCUT2D eigenvalue weighted by Gasteiger charge is 2.44. The Bertz CT molecular complexity index is 557.